The lowest BCUT2D eigenvalue weighted by molar-refractivity contribution is 0.0951. The van der Waals surface area contributed by atoms with Gasteiger partial charge in [0.25, 0.3) is 5.91 Å². The van der Waals surface area contributed by atoms with Gasteiger partial charge >= 0.3 is 0 Å². The first-order valence-electron chi connectivity index (χ1n) is 8.10. The standard InChI is InChI=1S/C21H20N2O2/c1-15-5-3-6-17(11-15)18-7-4-8-19(13-18)21(24)23-14-16-9-10-22-20(12-16)25-2/h3-13H,14H2,1-2H3,(H,23,24). The minimum Gasteiger partial charge on any atom is -0.481 e. The maximum Gasteiger partial charge on any atom is 0.251 e. The van der Waals surface area contributed by atoms with Crippen LogP contribution in [0.25, 0.3) is 11.1 Å². The van der Waals surface area contributed by atoms with Crippen LogP contribution in [0, 0.1) is 6.92 Å². The minimum absolute atomic E-state index is 0.106. The number of carbonyl (C=O) groups is 1. The molecule has 0 spiro atoms. The molecule has 0 unspecified atom stereocenters. The minimum atomic E-state index is -0.106. The van der Waals surface area contributed by atoms with E-state index in [0.29, 0.717) is 18.0 Å². The predicted octanol–water partition coefficient (Wildman–Crippen LogP) is 4.00. The number of nitrogens with zero attached hydrogens (tertiary/aromatic N) is 1. The van der Waals surface area contributed by atoms with E-state index >= 15 is 0 Å². The molecule has 0 aliphatic rings. The van der Waals surface area contributed by atoms with Gasteiger partial charge in [-0.2, -0.15) is 0 Å². The number of hydrogen-bond acceptors (Lipinski definition) is 3. The van der Waals surface area contributed by atoms with Crippen molar-refractivity contribution in [3.8, 4) is 17.0 Å². The monoisotopic (exact) mass is 332 g/mol. The third kappa shape index (κ3) is 4.23. The van der Waals surface area contributed by atoms with Crippen molar-refractivity contribution in [3.05, 3.63) is 83.6 Å². The Labute approximate surface area is 147 Å². The highest BCUT2D eigenvalue weighted by atomic mass is 16.5. The van der Waals surface area contributed by atoms with Crippen molar-refractivity contribution in [1.82, 2.24) is 10.3 Å². The van der Waals surface area contributed by atoms with Gasteiger partial charge in [-0.3, -0.25) is 4.79 Å². The number of benzene rings is 2. The van der Waals surface area contributed by atoms with Gasteiger partial charge in [0.15, 0.2) is 0 Å². The number of aromatic nitrogens is 1. The van der Waals surface area contributed by atoms with Crippen LogP contribution in [0.4, 0.5) is 0 Å². The molecule has 1 amide bonds. The Morgan fingerprint density at radius 1 is 1.04 bits per heavy atom. The topological polar surface area (TPSA) is 51.2 Å². The quantitative estimate of drug-likeness (QED) is 0.768. The highest BCUT2D eigenvalue weighted by molar-refractivity contribution is 5.95. The van der Waals surface area contributed by atoms with E-state index in [4.69, 9.17) is 4.74 Å². The molecule has 4 nitrogen and oxygen atoms in total. The summed E-state index contributed by atoms with van der Waals surface area (Å²) in [5.41, 5.74) is 4.91. The van der Waals surface area contributed by atoms with Crippen molar-refractivity contribution in [1.29, 1.82) is 0 Å². The van der Waals surface area contributed by atoms with Crippen LogP contribution in [0.15, 0.2) is 66.9 Å². The molecule has 0 aliphatic carbocycles. The number of nitrogens with one attached hydrogen (secondary N) is 1. The third-order valence-corrected chi connectivity index (χ3v) is 3.94. The molecule has 0 atom stereocenters. The molecule has 126 valence electrons. The maximum atomic E-state index is 12.5. The number of carbonyl (C=O) groups excluding carboxylic acids is 1. The fourth-order valence-electron chi connectivity index (χ4n) is 2.62. The van der Waals surface area contributed by atoms with E-state index < -0.39 is 0 Å². The molecule has 4 heteroatoms. The van der Waals surface area contributed by atoms with Gasteiger partial charge in [0.1, 0.15) is 0 Å². The number of aryl methyl sites for hydroxylation is 1. The normalized spacial score (nSPS) is 10.3. The molecule has 0 aliphatic heterocycles. The third-order valence-electron chi connectivity index (χ3n) is 3.94. The first-order valence-corrected chi connectivity index (χ1v) is 8.10. The van der Waals surface area contributed by atoms with E-state index in [2.05, 4.69) is 29.4 Å². The highest BCUT2D eigenvalue weighted by Gasteiger charge is 2.08. The molecule has 0 saturated carbocycles. The molecule has 1 N–H and O–H groups in total. The average molecular weight is 332 g/mol. The number of rotatable bonds is 5. The molecule has 1 aromatic heterocycles. The van der Waals surface area contributed by atoms with Crippen LogP contribution < -0.4 is 10.1 Å². The van der Waals surface area contributed by atoms with Gasteiger partial charge in [0, 0.05) is 24.4 Å². The van der Waals surface area contributed by atoms with E-state index in [0.717, 1.165) is 16.7 Å². The van der Waals surface area contributed by atoms with Gasteiger partial charge < -0.3 is 10.1 Å². The molecule has 0 fully saturated rings. The Balaban J connectivity index is 1.73. The Morgan fingerprint density at radius 3 is 2.56 bits per heavy atom. The second-order valence-electron chi connectivity index (χ2n) is 5.84. The van der Waals surface area contributed by atoms with E-state index in [9.17, 15) is 4.79 Å². The number of hydrogen-bond donors (Lipinski definition) is 1. The lowest BCUT2D eigenvalue weighted by Crippen LogP contribution is -2.22. The number of amides is 1. The summed E-state index contributed by atoms with van der Waals surface area (Å²) in [4.78, 5) is 16.5. The van der Waals surface area contributed by atoms with Crippen LogP contribution in [0.3, 0.4) is 0 Å². The fraction of sp³-hybridized carbons (Fsp3) is 0.143. The Hall–Kier alpha value is -3.14. The zero-order chi connectivity index (χ0) is 17.6. The maximum absolute atomic E-state index is 12.5. The Bertz CT molecular complexity index is 890. The van der Waals surface area contributed by atoms with Gasteiger partial charge in [-0.05, 0) is 41.8 Å². The lowest BCUT2D eigenvalue weighted by atomic mass is 10.0. The highest BCUT2D eigenvalue weighted by Crippen LogP contribution is 2.21. The Kier molecular flexibility index (Phi) is 5.09. The van der Waals surface area contributed by atoms with Gasteiger partial charge in [-0.1, -0.05) is 42.0 Å². The summed E-state index contributed by atoms with van der Waals surface area (Å²) in [6.07, 6.45) is 1.67. The summed E-state index contributed by atoms with van der Waals surface area (Å²) in [5.74, 6) is 0.429. The van der Waals surface area contributed by atoms with Gasteiger partial charge in [0.05, 0.1) is 7.11 Å². The average Bonchev–Trinajstić information content (AvgIpc) is 2.66. The summed E-state index contributed by atoms with van der Waals surface area (Å²) in [7, 11) is 1.57. The Morgan fingerprint density at radius 2 is 1.80 bits per heavy atom. The molecule has 2 aromatic carbocycles. The molecule has 0 radical (unpaired) electrons. The second kappa shape index (κ2) is 7.62. The van der Waals surface area contributed by atoms with Crippen molar-refractivity contribution in [2.45, 2.75) is 13.5 Å². The fourth-order valence-corrected chi connectivity index (χ4v) is 2.62. The van der Waals surface area contributed by atoms with E-state index in [-0.39, 0.29) is 5.91 Å². The first kappa shape index (κ1) is 16.7. The summed E-state index contributed by atoms with van der Waals surface area (Å²) in [6.45, 7) is 2.48. The van der Waals surface area contributed by atoms with Gasteiger partial charge in [-0.25, -0.2) is 4.98 Å². The predicted molar refractivity (Wildman–Crippen MR) is 98.6 cm³/mol. The molecule has 0 bridgehead atoms. The van der Waals surface area contributed by atoms with Crippen LogP contribution >= 0.6 is 0 Å². The summed E-state index contributed by atoms with van der Waals surface area (Å²) < 4.78 is 5.10. The van der Waals surface area contributed by atoms with Crippen molar-refractivity contribution in [3.63, 3.8) is 0 Å². The number of methoxy groups -OCH3 is 1. The molecule has 25 heavy (non-hydrogen) atoms. The molecule has 3 aromatic rings. The zero-order valence-electron chi connectivity index (χ0n) is 14.3. The molecular weight excluding hydrogens is 312 g/mol. The van der Waals surface area contributed by atoms with Crippen LogP contribution in [-0.2, 0) is 6.54 Å². The first-order chi connectivity index (χ1) is 12.2. The molecular formula is C21H20N2O2. The SMILES string of the molecule is COc1cc(CNC(=O)c2cccc(-c3cccc(C)c3)c2)ccn1. The molecule has 1 heterocycles. The van der Waals surface area contributed by atoms with Crippen molar-refractivity contribution in [2.24, 2.45) is 0 Å². The van der Waals surface area contributed by atoms with Crippen LogP contribution in [-0.4, -0.2) is 18.0 Å². The van der Waals surface area contributed by atoms with Crippen molar-refractivity contribution < 1.29 is 9.53 Å². The smallest absolute Gasteiger partial charge is 0.251 e. The van der Waals surface area contributed by atoms with Crippen LogP contribution in [0.5, 0.6) is 5.88 Å². The second-order valence-corrected chi connectivity index (χ2v) is 5.84. The number of ether oxygens (including phenoxy) is 1. The molecule has 3 rings (SSSR count). The van der Waals surface area contributed by atoms with Crippen LogP contribution in [0.1, 0.15) is 21.5 Å². The van der Waals surface area contributed by atoms with E-state index in [1.54, 1.807) is 13.3 Å². The lowest BCUT2D eigenvalue weighted by Gasteiger charge is -2.08. The summed E-state index contributed by atoms with van der Waals surface area (Å²) >= 11 is 0. The van der Waals surface area contributed by atoms with Gasteiger partial charge in [-0.15, -0.1) is 0 Å². The van der Waals surface area contributed by atoms with Crippen molar-refractivity contribution in [2.75, 3.05) is 7.11 Å². The van der Waals surface area contributed by atoms with Crippen molar-refractivity contribution >= 4 is 5.91 Å². The zero-order valence-corrected chi connectivity index (χ0v) is 14.3. The summed E-state index contributed by atoms with van der Waals surface area (Å²) in [5, 5.41) is 2.93. The summed E-state index contributed by atoms with van der Waals surface area (Å²) in [6, 6.07) is 19.6. The van der Waals surface area contributed by atoms with E-state index in [1.165, 1.54) is 5.56 Å². The molecule has 0 saturated heterocycles. The largest absolute Gasteiger partial charge is 0.481 e. The number of pyridine rings is 1. The van der Waals surface area contributed by atoms with Gasteiger partial charge in [0.2, 0.25) is 5.88 Å². The van der Waals surface area contributed by atoms with E-state index in [1.807, 2.05) is 48.5 Å². The van der Waals surface area contributed by atoms with Crippen LogP contribution in [0.2, 0.25) is 0 Å².